The van der Waals surface area contributed by atoms with Crippen molar-refractivity contribution < 1.29 is 10.2 Å². The van der Waals surface area contributed by atoms with Crippen molar-refractivity contribution in [2.24, 2.45) is 5.92 Å². The SMILES string of the molecule is C/C=C/C(CO)C/C=C\CCO. The third-order valence-corrected chi connectivity index (χ3v) is 1.60. The van der Waals surface area contributed by atoms with E-state index in [4.69, 9.17) is 10.2 Å². The molecule has 0 aliphatic heterocycles. The molecule has 0 rings (SSSR count). The average molecular weight is 170 g/mol. The first-order valence-corrected chi connectivity index (χ1v) is 4.34. The van der Waals surface area contributed by atoms with Gasteiger partial charge >= 0.3 is 0 Å². The molecule has 0 saturated heterocycles. The molecule has 12 heavy (non-hydrogen) atoms. The highest BCUT2D eigenvalue weighted by atomic mass is 16.3. The second-order valence-corrected chi connectivity index (χ2v) is 2.69. The Morgan fingerprint density at radius 1 is 1.25 bits per heavy atom. The van der Waals surface area contributed by atoms with Crippen LogP contribution in [0.3, 0.4) is 0 Å². The summed E-state index contributed by atoms with van der Waals surface area (Å²) >= 11 is 0. The molecule has 0 spiro atoms. The monoisotopic (exact) mass is 170 g/mol. The lowest BCUT2D eigenvalue weighted by atomic mass is 10.1. The molecule has 0 aliphatic carbocycles. The molecule has 2 N–H and O–H groups in total. The summed E-state index contributed by atoms with van der Waals surface area (Å²) in [7, 11) is 0. The molecule has 0 fully saturated rings. The Hall–Kier alpha value is -0.600. The van der Waals surface area contributed by atoms with E-state index in [9.17, 15) is 0 Å². The van der Waals surface area contributed by atoms with E-state index in [1.54, 1.807) is 0 Å². The molecule has 0 aromatic carbocycles. The van der Waals surface area contributed by atoms with Gasteiger partial charge in [0.05, 0.1) is 0 Å². The maximum Gasteiger partial charge on any atom is 0.0496 e. The molecule has 0 amide bonds. The van der Waals surface area contributed by atoms with Gasteiger partial charge in [0, 0.05) is 19.1 Å². The van der Waals surface area contributed by atoms with Gasteiger partial charge in [-0.15, -0.1) is 0 Å². The summed E-state index contributed by atoms with van der Waals surface area (Å²) < 4.78 is 0. The van der Waals surface area contributed by atoms with Crippen LogP contribution in [-0.2, 0) is 0 Å². The van der Waals surface area contributed by atoms with Gasteiger partial charge in [-0.3, -0.25) is 0 Å². The summed E-state index contributed by atoms with van der Waals surface area (Å²) in [5.74, 6) is 0.227. The quantitative estimate of drug-likeness (QED) is 0.593. The number of rotatable bonds is 6. The lowest BCUT2D eigenvalue weighted by Gasteiger charge is -2.03. The van der Waals surface area contributed by atoms with E-state index in [-0.39, 0.29) is 19.1 Å². The van der Waals surface area contributed by atoms with E-state index < -0.39 is 0 Å². The maximum atomic E-state index is 8.88. The zero-order valence-electron chi connectivity index (χ0n) is 7.61. The van der Waals surface area contributed by atoms with E-state index in [0.717, 1.165) is 6.42 Å². The maximum absolute atomic E-state index is 8.88. The van der Waals surface area contributed by atoms with E-state index >= 15 is 0 Å². The van der Waals surface area contributed by atoms with Crippen molar-refractivity contribution in [3.8, 4) is 0 Å². The number of hydrogen-bond acceptors (Lipinski definition) is 2. The lowest BCUT2D eigenvalue weighted by molar-refractivity contribution is 0.253. The second-order valence-electron chi connectivity index (χ2n) is 2.69. The fraction of sp³-hybridized carbons (Fsp3) is 0.600. The minimum absolute atomic E-state index is 0.188. The van der Waals surface area contributed by atoms with E-state index in [0.29, 0.717) is 6.42 Å². The molecular weight excluding hydrogens is 152 g/mol. The van der Waals surface area contributed by atoms with Gasteiger partial charge in [-0.2, -0.15) is 0 Å². The highest BCUT2D eigenvalue weighted by Crippen LogP contribution is 2.05. The molecular formula is C10H18O2. The van der Waals surface area contributed by atoms with Gasteiger partial charge in [-0.05, 0) is 19.8 Å². The third kappa shape index (κ3) is 6.13. The van der Waals surface area contributed by atoms with Crippen LogP contribution in [0.2, 0.25) is 0 Å². The first-order valence-electron chi connectivity index (χ1n) is 4.34. The van der Waals surface area contributed by atoms with E-state index in [2.05, 4.69) is 0 Å². The minimum Gasteiger partial charge on any atom is -0.396 e. The normalized spacial score (nSPS) is 14.6. The van der Waals surface area contributed by atoms with Crippen LogP contribution < -0.4 is 0 Å². The summed E-state index contributed by atoms with van der Waals surface area (Å²) in [4.78, 5) is 0. The summed E-state index contributed by atoms with van der Waals surface area (Å²) in [5, 5.41) is 17.4. The standard InChI is InChI=1S/C10H18O2/c1-2-6-10(9-12)7-4-3-5-8-11/h2-4,6,10-12H,5,7-9H2,1H3/b4-3-,6-2+. The lowest BCUT2D eigenvalue weighted by Crippen LogP contribution is -2.00. The second kappa shape index (κ2) is 8.50. The van der Waals surface area contributed by atoms with Crippen molar-refractivity contribution in [2.75, 3.05) is 13.2 Å². The van der Waals surface area contributed by atoms with Crippen LogP contribution in [0.5, 0.6) is 0 Å². The summed E-state index contributed by atoms with van der Waals surface area (Å²) in [6, 6.07) is 0. The summed E-state index contributed by atoms with van der Waals surface area (Å²) in [6.45, 7) is 2.33. The van der Waals surface area contributed by atoms with Gasteiger partial charge in [0.25, 0.3) is 0 Å². The van der Waals surface area contributed by atoms with Gasteiger partial charge in [-0.25, -0.2) is 0 Å². The minimum atomic E-state index is 0.188. The largest absolute Gasteiger partial charge is 0.396 e. The van der Waals surface area contributed by atoms with Crippen LogP contribution in [0.1, 0.15) is 19.8 Å². The highest BCUT2D eigenvalue weighted by Gasteiger charge is 1.97. The molecule has 1 atom stereocenters. The third-order valence-electron chi connectivity index (χ3n) is 1.60. The number of allylic oxidation sites excluding steroid dienone is 2. The average Bonchev–Trinajstić information content (AvgIpc) is 2.10. The molecule has 0 aromatic rings. The molecule has 70 valence electrons. The van der Waals surface area contributed by atoms with Crippen molar-refractivity contribution in [3.63, 3.8) is 0 Å². The topological polar surface area (TPSA) is 40.5 Å². The van der Waals surface area contributed by atoms with Gasteiger partial charge < -0.3 is 10.2 Å². The molecule has 2 heteroatoms. The first kappa shape index (κ1) is 11.4. The zero-order valence-corrected chi connectivity index (χ0v) is 7.61. The van der Waals surface area contributed by atoms with Gasteiger partial charge in [0.1, 0.15) is 0 Å². The number of aliphatic hydroxyl groups is 2. The Morgan fingerprint density at radius 2 is 2.00 bits per heavy atom. The zero-order chi connectivity index (χ0) is 9.23. The summed E-state index contributed by atoms with van der Waals surface area (Å²) in [6.07, 6.45) is 9.42. The van der Waals surface area contributed by atoms with Crippen molar-refractivity contribution in [1.82, 2.24) is 0 Å². The Kier molecular flexibility index (Phi) is 8.07. The van der Waals surface area contributed by atoms with Crippen LogP contribution in [0, 0.1) is 5.92 Å². The number of aliphatic hydroxyl groups excluding tert-OH is 2. The van der Waals surface area contributed by atoms with Crippen LogP contribution in [0.4, 0.5) is 0 Å². The number of hydrogen-bond donors (Lipinski definition) is 2. The Labute approximate surface area is 74.2 Å². The molecule has 0 aliphatic rings. The van der Waals surface area contributed by atoms with Crippen molar-refractivity contribution in [2.45, 2.75) is 19.8 Å². The van der Waals surface area contributed by atoms with E-state index in [1.807, 2.05) is 31.2 Å². The molecule has 0 saturated carbocycles. The van der Waals surface area contributed by atoms with Gasteiger partial charge in [0.15, 0.2) is 0 Å². The fourth-order valence-electron chi connectivity index (χ4n) is 0.950. The van der Waals surface area contributed by atoms with Crippen LogP contribution in [0.15, 0.2) is 24.3 Å². The van der Waals surface area contributed by atoms with Crippen molar-refractivity contribution in [3.05, 3.63) is 24.3 Å². The molecule has 1 unspecified atom stereocenters. The van der Waals surface area contributed by atoms with Crippen LogP contribution in [-0.4, -0.2) is 23.4 Å². The van der Waals surface area contributed by atoms with Crippen molar-refractivity contribution in [1.29, 1.82) is 0 Å². The predicted octanol–water partition coefficient (Wildman–Crippen LogP) is 1.50. The summed E-state index contributed by atoms with van der Waals surface area (Å²) in [5.41, 5.74) is 0. The first-order chi connectivity index (χ1) is 5.85. The van der Waals surface area contributed by atoms with E-state index in [1.165, 1.54) is 0 Å². The predicted molar refractivity (Wildman–Crippen MR) is 50.8 cm³/mol. The van der Waals surface area contributed by atoms with Crippen LogP contribution in [0.25, 0.3) is 0 Å². The van der Waals surface area contributed by atoms with Crippen molar-refractivity contribution >= 4 is 0 Å². The highest BCUT2D eigenvalue weighted by molar-refractivity contribution is 4.92. The Balaban J connectivity index is 3.56. The molecule has 2 nitrogen and oxygen atoms in total. The van der Waals surface area contributed by atoms with Gasteiger partial charge in [0.2, 0.25) is 0 Å². The van der Waals surface area contributed by atoms with Crippen LogP contribution >= 0.6 is 0 Å². The smallest absolute Gasteiger partial charge is 0.0496 e. The van der Waals surface area contributed by atoms with Gasteiger partial charge in [-0.1, -0.05) is 24.3 Å². The molecule has 0 aromatic heterocycles. The fourth-order valence-corrected chi connectivity index (χ4v) is 0.950. The Morgan fingerprint density at radius 3 is 2.50 bits per heavy atom. The Bertz CT molecular complexity index is 139. The molecule has 0 bridgehead atoms. The molecule has 0 heterocycles. The molecule has 0 radical (unpaired) electrons.